The topological polar surface area (TPSA) is 150 Å². The number of benzene rings is 4. The highest BCUT2D eigenvalue weighted by Gasteiger charge is 2.70. The van der Waals surface area contributed by atoms with Crippen LogP contribution in [0.3, 0.4) is 0 Å². The molecule has 0 bridgehead atoms. The second-order valence-electron chi connectivity index (χ2n) is 14.2. The summed E-state index contributed by atoms with van der Waals surface area (Å²) < 4.78 is 0. The van der Waals surface area contributed by atoms with Crippen LogP contribution in [0.1, 0.15) is 41.0 Å². The highest BCUT2D eigenvalue weighted by atomic mass is 16.6. The normalized spacial score (nSPS) is 26.1. The predicted octanol–water partition coefficient (Wildman–Crippen LogP) is 6.53. The van der Waals surface area contributed by atoms with Gasteiger partial charge in [0.05, 0.1) is 39.5 Å². The van der Waals surface area contributed by atoms with Gasteiger partial charge >= 0.3 is 0 Å². The first-order valence-corrected chi connectivity index (χ1v) is 17.6. The summed E-state index contributed by atoms with van der Waals surface area (Å²) in [7, 11) is 0. The summed E-state index contributed by atoms with van der Waals surface area (Å²) in [5, 5.41) is 24.7. The van der Waals surface area contributed by atoms with Gasteiger partial charge in [-0.05, 0) is 61.4 Å². The van der Waals surface area contributed by atoms with Crippen molar-refractivity contribution < 1.29 is 29.2 Å². The van der Waals surface area contributed by atoms with E-state index in [0.717, 1.165) is 15.5 Å². The fourth-order valence-electron chi connectivity index (χ4n) is 9.26. The van der Waals surface area contributed by atoms with E-state index < -0.39 is 63.6 Å². The molecule has 6 unspecified atom stereocenters. The van der Waals surface area contributed by atoms with Gasteiger partial charge in [-0.15, -0.1) is 6.58 Å². The van der Waals surface area contributed by atoms with E-state index in [1.807, 2.05) is 55.5 Å². The van der Waals surface area contributed by atoms with Crippen molar-refractivity contribution in [3.05, 3.63) is 154 Å². The number of allylic oxidation sites excluding steroid dienone is 3. The summed E-state index contributed by atoms with van der Waals surface area (Å²) in [6.07, 6.45) is 4.17. The van der Waals surface area contributed by atoms with Gasteiger partial charge in [-0.25, -0.2) is 4.90 Å². The smallest absolute Gasteiger partial charge is 0.271 e. The molecule has 11 nitrogen and oxygen atoms in total. The lowest BCUT2D eigenvalue weighted by molar-refractivity contribution is -0.384. The fourth-order valence-corrected chi connectivity index (χ4v) is 9.26. The van der Waals surface area contributed by atoms with Crippen molar-refractivity contribution in [1.29, 1.82) is 0 Å². The van der Waals surface area contributed by atoms with Crippen LogP contribution >= 0.6 is 0 Å². The Morgan fingerprint density at radius 2 is 1.66 bits per heavy atom. The Balaban J connectivity index is 1.33. The molecule has 2 aliphatic carbocycles. The molecule has 4 aromatic rings. The number of hydrogen-bond acceptors (Lipinski definition) is 8. The Labute approximate surface area is 305 Å². The van der Waals surface area contributed by atoms with E-state index in [2.05, 4.69) is 12.0 Å². The minimum atomic E-state index is -1.54. The molecule has 6 atom stereocenters. The number of nitrogens with zero attached hydrogens (tertiary/aromatic N) is 3. The first-order chi connectivity index (χ1) is 25.6. The van der Waals surface area contributed by atoms with Crippen LogP contribution in [0.25, 0.3) is 0 Å². The van der Waals surface area contributed by atoms with Crippen LogP contribution in [0, 0.1) is 40.7 Å². The fraction of sp³-hybridized carbons (Fsp3) is 0.238. The van der Waals surface area contributed by atoms with Crippen LogP contribution in [0.2, 0.25) is 0 Å². The first kappa shape index (κ1) is 33.8. The van der Waals surface area contributed by atoms with Crippen LogP contribution < -0.4 is 10.3 Å². The number of carbonyl (C=O) groups excluding carboxylic acids is 4. The Morgan fingerprint density at radius 1 is 0.925 bits per heavy atom. The van der Waals surface area contributed by atoms with Crippen molar-refractivity contribution in [2.75, 3.05) is 10.3 Å². The molecule has 4 aliphatic rings. The summed E-state index contributed by atoms with van der Waals surface area (Å²) in [5.41, 5.74) is 5.21. The molecule has 3 fully saturated rings. The van der Waals surface area contributed by atoms with Gasteiger partial charge in [0.1, 0.15) is 5.75 Å². The summed E-state index contributed by atoms with van der Waals surface area (Å²) in [6, 6.07) is 27.2. The molecular formula is C42H36N4O7. The third-order valence-electron chi connectivity index (χ3n) is 11.5. The van der Waals surface area contributed by atoms with E-state index in [-0.39, 0.29) is 30.0 Å². The minimum absolute atomic E-state index is 0.0348. The first-order valence-electron chi connectivity index (χ1n) is 17.6. The van der Waals surface area contributed by atoms with Gasteiger partial charge in [0.15, 0.2) is 0 Å². The van der Waals surface area contributed by atoms with Crippen molar-refractivity contribution in [3.63, 3.8) is 0 Å². The van der Waals surface area contributed by atoms with Crippen LogP contribution in [-0.2, 0) is 31.0 Å². The average molecular weight is 709 g/mol. The van der Waals surface area contributed by atoms with Crippen molar-refractivity contribution in [1.82, 2.24) is 5.01 Å². The molecule has 2 saturated heterocycles. The number of anilines is 2. The second-order valence-corrected chi connectivity index (χ2v) is 14.2. The molecule has 0 aromatic heterocycles. The number of hydrogen-bond donors (Lipinski definition) is 2. The van der Waals surface area contributed by atoms with Crippen molar-refractivity contribution in [2.45, 2.75) is 37.5 Å². The number of nitro groups is 1. The summed E-state index contributed by atoms with van der Waals surface area (Å²) in [6.45, 7) is 5.78. The largest absolute Gasteiger partial charge is 0.507 e. The SMILES string of the molecule is C=CCc1cccc(C2C3=CCC4C(=O)N(c5cccc([N+](=O)[O-])c5)C(=O)C4C3CC3C(=O)N(Nc4ccc(C)cc4)C(=O)C32c2ccccc2)c1O. The minimum Gasteiger partial charge on any atom is -0.507 e. The number of para-hydroxylation sites is 1. The number of fused-ring (bicyclic) bond motifs is 4. The highest BCUT2D eigenvalue weighted by molar-refractivity contribution is 6.22. The molecule has 2 aliphatic heterocycles. The number of hydrazine groups is 1. The van der Waals surface area contributed by atoms with Crippen LogP contribution in [0.15, 0.2) is 121 Å². The maximum atomic E-state index is 15.3. The standard InChI is InChI=1S/C42H36N4O7/c1-3-9-25-10-7-15-32(37(25)47)36-30-20-21-31-35(40(50)44(38(31)48)28-13-8-14-29(22-28)46(52)53)33(30)23-34-39(49)45(43-27-18-16-24(2)17-19-27)41(51)42(34,36)26-11-5-4-6-12-26/h3-8,10-20,22,31,33-36,43,47H,1,9,21,23H2,2H3. The number of phenolic OH excluding ortho intramolecular Hbond substituents is 1. The number of aryl methyl sites for hydroxylation is 1. The Kier molecular flexibility index (Phi) is 8.09. The predicted molar refractivity (Wildman–Crippen MR) is 196 cm³/mol. The van der Waals surface area contributed by atoms with E-state index in [1.165, 1.54) is 24.3 Å². The lowest BCUT2D eigenvalue weighted by Gasteiger charge is -2.50. The number of nitro benzene ring substituents is 1. The van der Waals surface area contributed by atoms with Gasteiger partial charge in [-0.3, -0.25) is 34.7 Å². The number of nitrogens with one attached hydrogen (secondary N) is 1. The third-order valence-corrected chi connectivity index (χ3v) is 11.5. The van der Waals surface area contributed by atoms with E-state index in [9.17, 15) is 29.6 Å². The molecule has 4 aromatic carbocycles. The zero-order valence-corrected chi connectivity index (χ0v) is 28.8. The maximum Gasteiger partial charge on any atom is 0.271 e. The maximum absolute atomic E-state index is 15.3. The number of carbonyl (C=O) groups is 4. The summed E-state index contributed by atoms with van der Waals surface area (Å²) >= 11 is 0. The Morgan fingerprint density at radius 3 is 2.38 bits per heavy atom. The molecule has 53 heavy (non-hydrogen) atoms. The van der Waals surface area contributed by atoms with Gasteiger partial charge < -0.3 is 5.11 Å². The monoisotopic (exact) mass is 708 g/mol. The van der Waals surface area contributed by atoms with Crippen LogP contribution in [0.4, 0.5) is 17.1 Å². The van der Waals surface area contributed by atoms with Crippen molar-refractivity contribution >= 4 is 40.7 Å². The van der Waals surface area contributed by atoms with Crippen molar-refractivity contribution in [3.8, 4) is 5.75 Å². The molecule has 0 radical (unpaired) electrons. The molecule has 11 heteroatoms. The lowest BCUT2D eigenvalue weighted by atomic mass is 9.49. The number of aromatic hydroxyl groups is 1. The zero-order chi connectivity index (χ0) is 37.2. The molecule has 4 amide bonds. The number of amides is 4. The third kappa shape index (κ3) is 5.02. The quantitative estimate of drug-likeness (QED) is 0.0909. The van der Waals surface area contributed by atoms with E-state index >= 15 is 4.79 Å². The lowest BCUT2D eigenvalue weighted by Crippen LogP contribution is -2.53. The van der Waals surface area contributed by atoms with Gasteiger partial charge in [-0.2, -0.15) is 5.01 Å². The molecule has 2 N–H and O–H groups in total. The number of phenols is 1. The van der Waals surface area contributed by atoms with E-state index in [0.29, 0.717) is 34.4 Å². The summed E-state index contributed by atoms with van der Waals surface area (Å²) in [4.78, 5) is 70.8. The van der Waals surface area contributed by atoms with E-state index in [1.54, 1.807) is 36.4 Å². The molecule has 0 spiro atoms. The highest BCUT2D eigenvalue weighted by Crippen LogP contribution is 2.65. The molecule has 2 heterocycles. The van der Waals surface area contributed by atoms with Gasteiger partial charge in [-0.1, -0.05) is 90.0 Å². The summed E-state index contributed by atoms with van der Waals surface area (Å²) in [5.74, 6) is -6.27. The van der Waals surface area contributed by atoms with Gasteiger partial charge in [0.25, 0.3) is 17.5 Å². The molecule has 1 saturated carbocycles. The Hall–Kier alpha value is -6.36. The van der Waals surface area contributed by atoms with Crippen molar-refractivity contribution in [2.24, 2.45) is 23.7 Å². The van der Waals surface area contributed by atoms with Gasteiger partial charge in [0.2, 0.25) is 11.8 Å². The number of rotatable bonds is 8. The van der Waals surface area contributed by atoms with Crippen LogP contribution in [0.5, 0.6) is 5.75 Å². The van der Waals surface area contributed by atoms with Crippen LogP contribution in [-0.4, -0.2) is 38.7 Å². The molecular weight excluding hydrogens is 672 g/mol. The van der Waals surface area contributed by atoms with Gasteiger partial charge in [0, 0.05) is 23.6 Å². The number of non-ortho nitro benzene ring substituents is 1. The zero-order valence-electron chi connectivity index (χ0n) is 28.8. The number of imide groups is 2. The molecule has 8 rings (SSSR count). The van der Waals surface area contributed by atoms with E-state index in [4.69, 9.17) is 0 Å². The molecule has 266 valence electrons. The average Bonchev–Trinajstić information content (AvgIpc) is 3.54. The second kappa shape index (κ2) is 12.7. The Bertz CT molecular complexity index is 2250.